The van der Waals surface area contributed by atoms with Crippen LogP contribution in [0.5, 0.6) is 11.5 Å². The number of para-hydroxylation sites is 1. The van der Waals surface area contributed by atoms with E-state index in [0.717, 1.165) is 11.3 Å². The highest BCUT2D eigenvalue weighted by atomic mass is 32.2. The number of furan rings is 1. The molecule has 11 heteroatoms. The quantitative estimate of drug-likeness (QED) is 0.177. The van der Waals surface area contributed by atoms with E-state index in [2.05, 4.69) is 20.8 Å². The Morgan fingerprint density at radius 3 is 2.40 bits per heavy atom. The lowest BCUT2D eigenvalue weighted by atomic mass is 10.1. The van der Waals surface area contributed by atoms with E-state index in [9.17, 15) is 9.59 Å². The summed E-state index contributed by atoms with van der Waals surface area (Å²) in [5.41, 5.74) is 2.39. The van der Waals surface area contributed by atoms with Crippen LogP contribution < -0.4 is 20.1 Å². The second-order valence-electron chi connectivity index (χ2n) is 9.19. The third-order valence-electron chi connectivity index (χ3n) is 6.24. The van der Waals surface area contributed by atoms with Gasteiger partial charge in [0.25, 0.3) is 5.91 Å². The number of carbonyl (C=O) groups is 2. The fraction of sp³-hybridized carbons (Fsp3) is 0.161. The molecule has 0 atom stereocenters. The summed E-state index contributed by atoms with van der Waals surface area (Å²) in [5, 5.41) is 15.0. The molecule has 10 nitrogen and oxygen atoms in total. The summed E-state index contributed by atoms with van der Waals surface area (Å²) in [6, 6.07) is 25.5. The molecule has 2 amide bonds. The first-order valence-corrected chi connectivity index (χ1v) is 14.1. The Bertz CT molecular complexity index is 1640. The summed E-state index contributed by atoms with van der Waals surface area (Å²) in [6.45, 7) is 2.44. The number of methoxy groups -OCH3 is 1. The summed E-state index contributed by atoms with van der Waals surface area (Å²) in [5.74, 6) is 2.04. The van der Waals surface area contributed by atoms with Gasteiger partial charge >= 0.3 is 0 Å². The Morgan fingerprint density at radius 1 is 0.929 bits per heavy atom. The second-order valence-corrected chi connectivity index (χ2v) is 10.1. The van der Waals surface area contributed by atoms with Gasteiger partial charge in [-0.2, -0.15) is 0 Å². The number of ether oxygens (including phenoxy) is 2. The molecule has 214 valence electrons. The van der Waals surface area contributed by atoms with E-state index in [1.807, 2.05) is 60.0 Å². The number of hydrogen-bond acceptors (Lipinski definition) is 8. The van der Waals surface area contributed by atoms with Crippen molar-refractivity contribution in [2.75, 3.05) is 23.5 Å². The summed E-state index contributed by atoms with van der Waals surface area (Å²) in [4.78, 5) is 25.6. The molecule has 0 fully saturated rings. The Kier molecular flexibility index (Phi) is 9.20. The van der Waals surface area contributed by atoms with E-state index in [1.165, 1.54) is 18.9 Å². The van der Waals surface area contributed by atoms with Gasteiger partial charge in [0.1, 0.15) is 23.9 Å². The summed E-state index contributed by atoms with van der Waals surface area (Å²) in [6.07, 6.45) is 1.60. The van der Waals surface area contributed by atoms with Gasteiger partial charge in [0.15, 0.2) is 11.0 Å². The van der Waals surface area contributed by atoms with Crippen molar-refractivity contribution in [1.82, 2.24) is 14.8 Å². The molecule has 2 aromatic heterocycles. The van der Waals surface area contributed by atoms with Crippen molar-refractivity contribution < 1.29 is 23.5 Å². The van der Waals surface area contributed by atoms with Crippen LogP contribution in [0.15, 0.2) is 101 Å². The molecule has 0 aliphatic carbocycles. The smallest absolute Gasteiger partial charge is 0.255 e. The first-order chi connectivity index (χ1) is 20.5. The van der Waals surface area contributed by atoms with Gasteiger partial charge < -0.3 is 24.5 Å². The van der Waals surface area contributed by atoms with E-state index in [0.29, 0.717) is 46.0 Å². The maximum absolute atomic E-state index is 13.0. The van der Waals surface area contributed by atoms with Crippen molar-refractivity contribution in [3.63, 3.8) is 0 Å². The van der Waals surface area contributed by atoms with Gasteiger partial charge in [-0.15, -0.1) is 10.2 Å². The molecule has 2 N–H and O–H groups in total. The summed E-state index contributed by atoms with van der Waals surface area (Å²) < 4.78 is 18.8. The number of rotatable bonds is 12. The average molecular weight is 584 g/mol. The zero-order valence-corrected chi connectivity index (χ0v) is 23.9. The van der Waals surface area contributed by atoms with Crippen molar-refractivity contribution in [1.29, 1.82) is 0 Å². The largest absolute Gasteiger partial charge is 0.494 e. The van der Waals surface area contributed by atoms with Gasteiger partial charge in [-0.1, -0.05) is 48.2 Å². The van der Waals surface area contributed by atoms with E-state index in [1.54, 1.807) is 42.7 Å². The van der Waals surface area contributed by atoms with Gasteiger partial charge in [-0.3, -0.25) is 14.2 Å². The monoisotopic (exact) mass is 583 g/mol. The first kappa shape index (κ1) is 28.5. The summed E-state index contributed by atoms with van der Waals surface area (Å²) >= 11 is 1.25. The Morgan fingerprint density at radius 2 is 1.69 bits per heavy atom. The SMILES string of the molecule is COc1cc(NC(=O)c2ccccc2)c(C)cc1NC(=O)CSc1nnc(COc2ccccc2)n1Cc1ccco1. The molecule has 3 aromatic carbocycles. The zero-order chi connectivity index (χ0) is 29.3. The molecule has 0 aliphatic heterocycles. The van der Waals surface area contributed by atoms with Crippen molar-refractivity contribution in [2.24, 2.45) is 0 Å². The molecule has 0 spiro atoms. The normalized spacial score (nSPS) is 10.7. The molecule has 0 unspecified atom stereocenters. The number of benzene rings is 3. The Balaban J connectivity index is 1.25. The van der Waals surface area contributed by atoms with Crippen molar-refractivity contribution in [3.8, 4) is 11.5 Å². The molecule has 0 bridgehead atoms. The lowest BCUT2D eigenvalue weighted by Crippen LogP contribution is -2.17. The van der Waals surface area contributed by atoms with Crippen LogP contribution >= 0.6 is 11.8 Å². The maximum Gasteiger partial charge on any atom is 0.255 e. The highest BCUT2D eigenvalue weighted by Crippen LogP contribution is 2.32. The van der Waals surface area contributed by atoms with Crippen LogP contribution in [0.2, 0.25) is 0 Å². The minimum Gasteiger partial charge on any atom is -0.494 e. The fourth-order valence-corrected chi connectivity index (χ4v) is 4.86. The molecular weight excluding hydrogens is 554 g/mol. The first-order valence-electron chi connectivity index (χ1n) is 13.1. The third kappa shape index (κ3) is 7.18. The van der Waals surface area contributed by atoms with Crippen LogP contribution in [0.25, 0.3) is 0 Å². The Hall–Kier alpha value is -5.03. The van der Waals surface area contributed by atoms with Crippen molar-refractivity contribution >= 4 is 35.0 Å². The van der Waals surface area contributed by atoms with Crippen LogP contribution in [-0.2, 0) is 17.9 Å². The zero-order valence-electron chi connectivity index (χ0n) is 23.1. The number of hydrogen-bond donors (Lipinski definition) is 2. The number of aryl methyl sites for hydroxylation is 1. The molecule has 2 heterocycles. The third-order valence-corrected chi connectivity index (χ3v) is 7.20. The number of nitrogens with one attached hydrogen (secondary N) is 2. The predicted octanol–water partition coefficient (Wildman–Crippen LogP) is 5.80. The van der Waals surface area contributed by atoms with Crippen molar-refractivity contribution in [2.45, 2.75) is 25.2 Å². The van der Waals surface area contributed by atoms with E-state index >= 15 is 0 Å². The van der Waals surface area contributed by atoms with Crippen molar-refractivity contribution in [3.05, 3.63) is 114 Å². The van der Waals surface area contributed by atoms with Crippen LogP contribution in [-0.4, -0.2) is 39.4 Å². The standard InChI is InChI=1S/C31H29N5O5S/c1-21-16-26(27(39-2)17-25(21)33-30(38)22-10-5-3-6-11-22)32-29(37)20-42-31-35-34-28(19-41-23-12-7-4-8-13-23)36(31)18-24-14-9-15-40-24/h3-17H,18-20H2,1-2H3,(H,32,37)(H,33,38). The maximum atomic E-state index is 13.0. The minimum atomic E-state index is -0.256. The van der Waals surface area contributed by atoms with E-state index in [-0.39, 0.29) is 24.2 Å². The number of anilines is 2. The van der Waals surface area contributed by atoms with Gasteiger partial charge in [0.2, 0.25) is 5.91 Å². The topological polar surface area (TPSA) is 121 Å². The lowest BCUT2D eigenvalue weighted by Gasteiger charge is -2.15. The molecule has 5 aromatic rings. The average Bonchev–Trinajstić information content (AvgIpc) is 3.67. The van der Waals surface area contributed by atoms with Crippen LogP contribution in [0.4, 0.5) is 11.4 Å². The number of nitrogens with zero attached hydrogens (tertiary/aromatic N) is 3. The number of amides is 2. The van der Waals surface area contributed by atoms with Crippen LogP contribution in [0, 0.1) is 6.92 Å². The van der Waals surface area contributed by atoms with Crippen LogP contribution in [0.3, 0.4) is 0 Å². The molecule has 0 aliphatic rings. The highest BCUT2D eigenvalue weighted by Gasteiger charge is 2.18. The van der Waals surface area contributed by atoms with Gasteiger partial charge in [-0.25, -0.2) is 0 Å². The number of thioether (sulfide) groups is 1. The molecule has 42 heavy (non-hydrogen) atoms. The molecule has 0 radical (unpaired) electrons. The van der Waals surface area contributed by atoms with Gasteiger partial charge in [0, 0.05) is 17.3 Å². The van der Waals surface area contributed by atoms with E-state index < -0.39 is 0 Å². The minimum absolute atomic E-state index is 0.0739. The summed E-state index contributed by atoms with van der Waals surface area (Å²) in [7, 11) is 1.51. The Labute approximate surface area is 247 Å². The second kappa shape index (κ2) is 13.6. The lowest BCUT2D eigenvalue weighted by molar-refractivity contribution is -0.113. The van der Waals surface area contributed by atoms with Gasteiger partial charge in [0.05, 0.1) is 31.4 Å². The highest BCUT2D eigenvalue weighted by molar-refractivity contribution is 7.99. The number of carbonyl (C=O) groups excluding carboxylic acids is 2. The predicted molar refractivity (Wildman–Crippen MR) is 160 cm³/mol. The molecule has 0 saturated carbocycles. The van der Waals surface area contributed by atoms with Gasteiger partial charge in [-0.05, 0) is 55.0 Å². The molecule has 5 rings (SSSR count). The van der Waals surface area contributed by atoms with E-state index in [4.69, 9.17) is 13.9 Å². The fourth-order valence-electron chi connectivity index (χ4n) is 4.10. The molecule has 0 saturated heterocycles. The number of aromatic nitrogens is 3. The molecular formula is C31H29N5O5S. The van der Waals surface area contributed by atoms with Crippen LogP contribution in [0.1, 0.15) is 27.5 Å².